The van der Waals surface area contributed by atoms with Crippen molar-refractivity contribution in [3.63, 3.8) is 0 Å². The van der Waals surface area contributed by atoms with E-state index in [-0.39, 0.29) is 11.4 Å². The van der Waals surface area contributed by atoms with E-state index in [1.165, 1.54) is 0 Å². The van der Waals surface area contributed by atoms with Crippen LogP contribution >= 0.6 is 0 Å². The molecule has 1 amide bonds. The summed E-state index contributed by atoms with van der Waals surface area (Å²) >= 11 is 0. The maximum absolute atomic E-state index is 12.4. The molecular weight excluding hydrogens is 228 g/mol. The SMILES string of the molecule is CC1(C)CNCCN1C(=O)C(O)c1ccccc1. The Morgan fingerprint density at radius 2 is 2.06 bits per heavy atom. The molecule has 1 aromatic carbocycles. The number of hydrogen-bond acceptors (Lipinski definition) is 3. The Hall–Kier alpha value is -1.39. The van der Waals surface area contributed by atoms with Crippen molar-refractivity contribution in [3.8, 4) is 0 Å². The van der Waals surface area contributed by atoms with Crippen LogP contribution in [0.4, 0.5) is 0 Å². The van der Waals surface area contributed by atoms with Crippen molar-refractivity contribution < 1.29 is 9.90 Å². The Kier molecular flexibility index (Phi) is 3.68. The number of nitrogens with one attached hydrogen (secondary N) is 1. The van der Waals surface area contributed by atoms with Gasteiger partial charge >= 0.3 is 0 Å². The van der Waals surface area contributed by atoms with Crippen LogP contribution in [-0.4, -0.2) is 41.1 Å². The van der Waals surface area contributed by atoms with Gasteiger partial charge in [0.1, 0.15) is 0 Å². The van der Waals surface area contributed by atoms with E-state index in [0.29, 0.717) is 12.1 Å². The van der Waals surface area contributed by atoms with E-state index in [4.69, 9.17) is 0 Å². The van der Waals surface area contributed by atoms with Gasteiger partial charge < -0.3 is 15.3 Å². The molecule has 1 fully saturated rings. The number of aliphatic hydroxyl groups excluding tert-OH is 1. The summed E-state index contributed by atoms with van der Waals surface area (Å²) in [6.45, 7) is 6.18. The van der Waals surface area contributed by atoms with E-state index in [2.05, 4.69) is 5.32 Å². The zero-order valence-electron chi connectivity index (χ0n) is 10.9. The molecule has 4 nitrogen and oxygen atoms in total. The number of carbonyl (C=O) groups is 1. The summed E-state index contributed by atoms with van der Waals surface area (Å²) in [5.74, 6) is -0.215. The predicted molar refractivity (Wildman–Crippen MR) is 70.1 cm³/mol. The maximum Gasteiger partial charge on any atom is 0.256 e. The van der Waals surface area contributed by atoms with Crippen molar-refractivity contribution in [1.29, 1.82) is 0 Å². The fourth-order valence-electron chi connectivity index (χ4n) is 2.32. The number of aliphatic hydroxyl groups is 1. The third-order valence-electron chi connectivity index (χ3n) is 3.42. The second-order valence-corrected chi connectivity index (χ2v) is 5.29. The molecule has 0 spiro atoms. The Labute approximate surface area is 108 Å². The van der Waals surface area contributed by atoms with Crippen molar-refractivity contribution in [2.75, 3.05) is 19.6 Å². The van der Waals surface area contributed by atoms with Crippen LogP contribution in [0.1, 0.15) is 25.5 Å². The molecule has 0 aliphatic carbocycles. The van der Waals surface area contributed by atoms with Gasteiger partial charge in [0, 0.05) is 25.2 Å². The average Bonchev–Trinajstić information content (AvgIpc) is 2.37. The molecule has 1 aromatic rings. The van der Waals surface area contributed by atoms with Gasteiger partial charge in [-0.1, -0.05) is 30.3 Å². The molecule has 0 aromatic heterocycles. The van der Waals surface area contributed by atoms with Gasteiger partial charge in [0.05, 0.1) is 0 Å². The Balaban J connectivity index is 2.16. The summed E-state index contributed by atoms with van der Waals surface area (Å²) in [6, 6.07) is 9.08. The van der Waals surface area contributed by atoms with Gasteiger partial charge in [-0.05, 0) is 19.4 Å². The number of hydrogen-bond donors (Lipinski definition) is 2. The fraction of sp³-hybridized carbons (Fsp3) is 0.500. The Bertz CT molecular complexity index is 417. The van der Waals surface area contributed by atoms with Crippen LogP contribution in [0.5, 0.6) is 0 Å². The lowest BCUT2D eigenvalue weighted by atomic mass is 9.98. The van der Waals surface area contributed by atoms with Crippen molar-refractivity contribution in [2.24, 2.45) is 0 Å². The number of amides is 1. The summed E-state index contributed by atoms with van der Waals surface area (Å²) in [4.78, 5) is 14.1. The van der Waals surface area contributed by atoms with Gasteiger partial charge in [-0.3, -0.25) is 4.79 Å². The lowest BCUT2D eigenvalue weighted by Gasteiger charge is -2.43. The second-order valence-electron chi connectivity index (χ2n) is 5.29. The van der Waals surface area contributed by atoms with Crippen molar-refractivity contribution in [1.82, 2.24) is 10.2 Å². The molecule has 0 bridgehead atoms. The minimum atomic E-state index is -1.07. The molecular formula is C14H20N2O2. The molecule has 98 valence electrons. The highest BCUT2D eigenvalue weighted by Crippen LogP contribution is 2.22. The molecule has 1 saturated heterocycles. The third kappa shape index (κ3) is 2.54. The summed E-state index contributed by atoms with van der Waals surface area (Å²) in [5, 5.41) is 13.4. The van der Waals surface area contributed by atoms with Crippen LogP contribution in [0.3, 0.4) is 0 Å². The third-order valence-corrected chi connectivity index (χ3v) is 3.42. The number of benzene rings is 1. The first-order valence-corrected chi connectivity index (χ1v) is 6.27. The van der Waals surface area contributed by atoms with Crippen molar-refractivity contribution in [2.45, 2.75) is 25.5 Å². The first-order valence-electron chi connectivity index (χ1n) is 6.27. The number of carbonyl (C=O) groups excluding carboxylic acids is 1. The summed E-state index contributed by atoms with van der Waals surface area (Å²) in [7, 11) is 0. The van der Waals surface area contributed by atoms with Crippen LogP contribution in [0.2, 0.25) is 0 Å². The molecule has 1 heterocycles. The highest BCUT2D eigenvalue weighted by molar-refractivity contribution is 5.82. The van der Waals surface area contributed by atoms with Crippen LogP contribution in [0.15, 0.2) is 30.3 Å². The van der Waals surface area contributed by atoms with E-state index in [0.717, 1.165) is 13.1 Å². The number of nitrogens with zero attached hydrogens (tertiary/aromatic N) is 1. The normalized spacial score (nSPS) is 20.5. The van der Waals surface area contributed by atoms with Crippen molar-refractivity contribution >= 4 is 5.91 Å². The highest BCUT2D eigenvalue weighted by atomic mass is 16.3. The molecule has 1 aliphatic heterocycles. The van der Waals surface area contributed by atoms with E-state index < -0.39 is 6.10 Å². The van der Waals surface area contributed by atoms with Gasteiger partial charge in [0.25, 0.3) is 5.91 Å². The molecule has 0 saturated carbocycles. The minimum Gasteiger partial charge on any atom is -0.378 e. The van der Waals surface area contributed by atoms with E-state index >= 15 is 0 Å². The van der Waals surface area contributed by atoms with Crippen LogP contribution in [-0.2, 0) is 4.79 Å². The second kappa shape index (κ2) is 5.08. The first kappa shape index (κ1) is 13.1. The van der Waals surface area contributed by atoms with E-state index in [1.54, 1.807) is 17.0 Å². The number of rotatable bonds is 2. The summed E-state index contributed by atoms with van der Waals surface area (Å²) in [5.41, 5.74) is 0.391. The number of piperazine rings is 1. The minimum absolute atomic E-state index is 0.215. The maximum atomic E-state index is 12.4. The van der Waals surface area contributed by atoms with Gasteiger partial charge in [0.2, 0.25) is 0 Å². The van der Waals surface area contributed by atoms with Crippen LogP contribution < -0.4 is 5.32 Å². The highest BCUT2D eigenvalue weighted by Gasteiger charge is 2.36. The topological polar surface area (TPSA) is 52.6 Å². The largest absolute Gasteiger partial charge is 0.378 e. The molecule has 1 unspecified atom stereocenters. The molecule has 1 aliphatic rings. The van der Waals surface area contributed by atoms with Crippen LogP contribution in [0, 0.1) is 0 Å². The van der Waals surface area contributed by atoms with Gasteiger partial charge in [0.15, 0.2) is 6.10 Å². The van der Waals surface area contributed by atoms with Crippen molar-refractivity contribution in [3.05, 3.63) is 35.9 Å². The average molecular weight is 248 g/mol. The lowest BCUT2D eigenvalue weighted by molar-refractivity contribution is -0.147. The Morgan fingerprint density at radius 1 is 1.39 bits per heavy atom. The molecule has 1 atom stereocenters. The smallest absolute Gasteiger partial charge is 0.256 e. The summed E-state index contributed by atoms with van der Waals surface area (Å²) in [6.07, 6.45) is -1.07. The molecule has 0 radical (unpaired) electrons. The van der Waals surface area contributed by atoms with Gasteiger partial charge in [-0.15, -0.1) is 0 Å². The Morgan fingerprint density at radius 3 is 2.67 bits per heavy atom. The lowest BCUT2D eigenvalue weighted by Crippen LogP contribution is -2.60. The van der Waals surface area contributed by atoms with E-state index in [9.17, 15) is 9.90 Å². The zero-order chi connectivity index (χ0) is 13.2. The van der Waals surface area contributed by atoms with E-state index in [1.807, 2.05) is 32.0 Å². The van der Waals surface area contributed by atoms with Gasteiger partial charge in [-0.25, -0.2) is 0 Å². The van der Waals surface area contributed by atoms with Crippen LogP contribution in [0.25, 0.3) is 0 Å². The summed E-state index contributed by atoms with van der Waals surface area (Å²) < 4.78 is 0. The monoisotopic (exact) mass is 248 g/mol. The fourth-order valence-corrected chi connectivity index (χ4v) is 2.32. The first-order chi connectivity index (χ1) is 8.52. The molecule has 4 heteroatoms. The zero-order valence-corrected chi connectivity index (χ0v) is 10.9. The molecule has 18 heavy (non-hydrogen) atoms. The quantitative estimate of drug-likeness (QED) is 0.818. The molecule has 2 N–H and O–H groups in total. The van der Waals surface area contributed by atoms with Gasteiger partial charge in [-0.2, -0.15) is 0 Å². The standard InChI is InChI=1S/C14H20N2O2/c1-14(2)10-15-8-9-16(14)13(18)12(17)11-6-4-3-5-7-11/h3-7,12,15,17H,8-10H2,1-2H3. The molecule has 2 rings (SSSR count). The predicted octanol–water partition coefficient (Wildman–Crippen LogP) is 0.930.